The fraction of sp³-hybridized carbons (Fsp3) is 0.167. The van der Waals surface area contributed by atoms with E-state index in [1.165, 1.54) is 27.2 Å². The lowest BCUT2D eigenvalue weighted by Crippen LogP contribution is -2.33. The van der Waals surface area contributed by atoms with Gasteiger partial charge < -0.3 is 4.74 Å². The summed E-state index contributed by atoms with van der Waals surface area (Å²) < 4.78 is 6.61. The lowest BCUT2D eigenvalue weighted by Gasteiger charge is -2.22. The minimum atomic E-state index is -0.268. The summed E-state index contributed by atoms with van der Waals surface area (Å²) in [6.45, 7) is -0.129. The van der Waals surface area contributed by atoms with Gasteiger partial charge in [-0.3, -0.25) is 14.2 Å². The molecule has 3 heterocycles. The Kier molecular flexibility index (Phi) is 5.28. The molecule has 0 aliphatic carbocycles. The van der Waals surface area contributed by atoms with E-state index in [0.29, 0.717) is 16.6 Å². The molecule has 0 spiro atoms. The minimum Gasteiger partial charge on any atom is -0.497 e. The van der Waals surface area contributed by atoms with Gasteiger partial charge in [0.2, 0.25) is 0 Å². The molecule has 4 aromatic rings. The van der Waals surface area contributed by atoms with Crippen LogP contribution >= 0.6 is 11.3 Å². The fourth-order valence-corrected chi connectivity index (χ4v) is 4.58. The number of benzene rings is 2. The number of rotatable bonds is 5. The number of thiophene rings is 1. The maximum absolute atomic E-state index is 13.3. The smallest absolute Gasteiger partial charge is 0.263 e. The molecule has 1 atom stereocenters. The molecule has 1 unspecified atom stereocenters. The van der Waals surface area contributed by atoms with E-state index in [2.05, 4.69) is 10.1 Å². The number of fused-ring (bicyclic) bond motifs is 1. The van der Waals surface area contributed by atoms with E-state index in [-0.39, 0.29) is 24.1 Å². The number of hydrogen-bond donors (Lipinski definition) is 0. The number of hydrazone groups is 1. The predicted octanol–water partition coefficient (Wildman–Crippen LogP) is 3.84. The van der Waals surface area contributed by atoms with Gasteiger partial charge in [0.1, 0.15) is 17.1 Å². The molecule has 0 bridgehead atoms. The number of carbonyl (C=O) groups excluding carboxylic acids is 1. The van der Waals surface area contributed by atoms with Crippen molar-refractivity contribution >= 4 is 33.2 Å². The highest BCUT2D eigenvalue weighted by atomic mass is 32.1. The van der Waals surface area contributed by atoms with Crippen molar-refractivity contribution in [2.45, 2.75) is 19.0 Å². The number of aromatic nitrogens is 2. The molecule has 1 aliphatic heterocycles. The van der Waals surface area contributed by atoms with Gasteiger partial charge in [0.25, 0.3) is 11.5 Å². The van der Waals surface area contributed by atoms with Crippen LogP contribution in [0.4, 0.5) is 0 Å². The van der Waals surface area contributed by atoms with Gasteiger partial charge >= 0.3 is 0 Å². The van der Waals surface area contributed by atoms with Gasteiger partial charge in [-0.2, -0.15) is 5.10 Å². The van der Waals surface area contributed by atoms with Crippen LogP contribution in [0.5, 0.6) is 5.75 Å². The average Bonchev–Trinajstić information content (AvgIpc) is 3.50. The van der Waals surface area contributed by atoms with Crippen LogP contribution in [0.25, 0.3) is 10.2 Å². The van der Waals surface area contributed by atoms with Crippen LogP contribution in [0.3, 0.4) is 0 Å². The van der Waals surface area contributed by atoms with Crippen molar-refractivity contribution in [3.05, 3.63) is 93.9 Å². The Morgan fingerprint density at radius 1 is 1.12 bits per heavy atom. The third kappa shape index (κ3) is 3.69. The van der Waals surface area contributed by atoms with Crippen molar-refractivity contribution in [3.8, 4) is 5.75 Å². The summed E-state index contributed by atoms with van der Waals surface area (Å²) >= 11 is 1.40. The van der Waals surface area contributed by atoms with E-state index in [0.717, 1.165) is 22.6 Å². The van der Waals surface area contributed by atoms with Gasteiger partial charge in [-0.15, -0.1) is 11.3 Å². The molecule has 0 fully saturated rings. The molecule has 0 saturated heterocycles. The van der Waals surface area contributed by atoms with Gasteiger partial charge in [0, 0.05) is 6.42 Å². The van der Waals surface area contributed by atoms with Crippen molar-refractivity contribution in [1.29, 1.82) is 0 Å². The van der Waals surface area contributed by atoms with Crippen LogP contribution in [-0.2, 0) is 11.3 Å². The molecule has 1 amide bonds. The van der Waals surface area contributed by atoms with E-state index in [9.17, 15) is 9.59 Å². The third-order valence-electron chi connectivity index (χ3n) is 5.53. The van der Waals surface area contributed by atoms with E-state index in [4.69, 9.17) is 4.74 Å². The minimum absolute atomic E-state index is 0.129. The highest BCUT2D eigenvalue weighted by molar-refractivity contribution is 7.16. The van der Waals surface area contributed by atoms with Gasteiger partial charge in [-0.05, 0) is 34.7 Å². The first-order chi connectivity index (χ1) is 15.6. The monoisotopic (exact) mass is 444 g/mol. The first kappa shape index (κ1) is 20.1. The second kappa shape index (κ2) is 8.39. The summed E-state index contributed by atoms with van der Waals surface area (Å²) in [6, 6.07) is 18.9. The second-order valence-corrected chi connectivity index (χ2v) is 8.36. The molecule has 0 N–H and O–H groups in total. The van der Waals surface area contributed by atoms with Gasteiger partial charge in [-0.1, -0.05) is 42.5 Å². The van der Waals surface area contributed by atoms with Crippen LogP contribution in [0.1, 0.15) is 23.6 Å². The molecule has 5 rings (SSSR count). The van der Waals surface area contributed by atoms with Crippen molar-refractivity contribution in [1.82, 2.24) is 14.6 Å². The summed E-state index contributed by atoms with van der Waals surface area (Å²) in [4.78, 5) is 31.1. The van der Waals surface area contributed by atoms with Crippen LogP contribution in [0.2, 0.25) is 0 Å². The van der Waals surface area contributed by atoms with E-state index >= 15 is 0 Å². The standard InChI is InChI=1S/C24H20N4O3S/c1-31-18-9-7-17(8-10-18)21-13-20(16-5-3-2-4-6-16)26-28(21)22(29)14-27-15-25-23-19(24(27)30)11-12-32-23/h2-12,15,21H,13-14H2,1H3. The molecule has 7 nitrogen and oxygen atoms in total. The van der Waals surface area contributed by atoms with Gasteiger partial charge in [0.15, 0.2) is 0 Å². The Hall–Kier alpha value is -3.78. The first-order valence-corrected chi connectivity index (χ1v) is 11.0. The van der Waals surface area contributed by atoms with Crippen molar-refractivity contribution < 1.29 is 9.53 Å². The van der Waals surface area contributed by atoms with Crippen molar-refractivity contribution in [3.63, 3.8) is 0 Å². The zero-order valence-electron chi connectivity index (χ0n) is 17.3. The molecule has 0 radical (unpaired) electrons. The lowest BCUT2D eigenvalue weighted by atomic mass is 9.98. The maximum Gasteiger partial charge on any atom is 0.263 e. The zero-order chi connectivity index (χ0) is 22.1. The average molecular weight is 445 g/mol. The number of carbonyl (C=O) groups is 1. The fourth-order valence-electron chi connectivity index (χ4n) is 3.86. The molecular formula is C24H20N4O3S. The van der Waals surface area contributed by atoms with Gasteiger partial charge in [0.05, 0.1) is 30.6 Å². The van der Waals surface area contributed by atoms with E-state index < -0.39 is 0 Å². The zero-order valence-corrected chi connectivity index (χ0v) is 18.2. The summed E-state index contributed by atoms with van der Waals surface area (Å²) in [5, 5.41) is 8.51. The van der Waals surface area contributed by atoms with Crippen LogP contribution in [-0.4, -0.2) is 33.3 Å². The highest BCUT2D eigenvalue weighted by Gasteiger charge is 2.33. The normalized spacial score (nSPS) is 15.7. The molecule has 0 saturated carbocycles. The van der Waals surface area contributed by atoms with Crippen LogP contribution < -0.4 is 10.3 Å². The topological polar surface area (TPSA) is 76.8 Å². The Bertz CT molecular complexity index is 1360. The SMILES string of the molecule is COc1ccc(C2CC(c3ccccc3)=NN2C(=O)Cn2cnc3sccc3c2=O)cc1. The molecule has 2 aromatic heterocycles. The largest absolute Gasteiger partial charge is 0.497 e. The molecule has 160 valence electrons. The van der Waals surface area contributed by atoms with Crippen molar-refractivity contribution in [2.24, 2.45) is 5.10 Å². The Morgan fingerprint density at radius 2 is 1.91 bits per heavy atom. The van der Waals surface area contributed by atoms with Crippen LogP contribution in [0, 0.1) is 0 Å². The molecule has 2 aromatic carbocycles. The van der Waals surface area contributed by atoms with Gasteiger partial charge in [-0.25, -0.2) is 9.99 Å². The summed E-state index contributed by atoms with van der Waals surface area (Å²) in [5.41, 5.74) is 2.53. The Balaban J connectivity index is 1.48. The molecule has 8 heteroatoms. The maximum atomic E-state index is 13.3. The second-order valence-electron chi connectivity index (χ2n) is 7.46. The number of methoxy groups -OCH3 is 1. The first-order valence-electron chi connectivity index (χ1n) is 10.2. The Labute approximate surface area is 188 Å². The van der Waals surface area contributed by atoms with E-state index in [1.807, 2.05) is 60.0 Å². The summed E-state index contributed by atoms with van der Waals surface area (Å²) in [7, 11) is 1.62. The van der Waals surface area contributed by atoms with Crippen LogP contribution in [0.15, 0.2) is 82.3 Å². The predicted molar refractivity (Wildman–Crippen MR) is 124 cm³/mol. The highest BCUT2D eigenvalue weighted by Crippen LogP contribution is 2.33. The summed E-state index contributed by atoms with van der Waals surface area (Å²) in [6.07, 6.45) is 2.01. The number of amides is 1. The molecule has 1 aliphatic rings. The Morgan fingerprint density at radius 3 is 2.66 bits per heavy atom. The quantitative estimate of drug-likeness (QED) is 0.469. The number of nitrogens with zero attached hydrogens (tertiary/aromatic N) is 4. The lowest BCUT2D eigenvalue weighted by molar-refractivity contribution is -0.133. The molecular weight excluding hydrogens is 424 g/mol. The summed E-state index contributed by atoms with van der Waals surface area (Å²) in [5.74, 6) is 0.478. The third-order valence-corrected chi connectivity index (χ3v) is 6.35. The number of ether oxygens (including phenoxy) is 1. The van der Waals surface area contributed by atoms with Crippen molar-refractivity contribution in [2.75, 3.05) is 7.11 Å². The number of hydrogen-bond acceptors (Lipinski definition) is 6. The van der Waals surface area contributed by atoms with E-state index in [1.54, 1.807) is 13.2 Å². The molecule has 32 heavy (non-hydrogen) atoms.